The van der Waals surface area contributed by atoms with Crippen molar-refractivity contribution in [3.63, 3.8) is 0 Å². The van der Waals surface area contributed by atoms with E-state index < -0.39 is 5.82 Å². The second kappa shape index (κ2) is 7.09. The van der Waals surface area contributed by atoms with Gasteiger partial charge in [-0.05, 0) is 37.6 Å². The lowest BCUT2D eigenvalue weighted by Gasteiger charge is -2.24. The molecule has 0 saturated heterocycles. The van der Waals surface area contributed by atoms with Gasteiger partial charge in [0.2, 0.25) is 0 Å². The van der Waals surface area contributed by atoms with Gasteiger partial charge in [-0.1, -0.05) is 6.92 Å². The lowest BCUT2D eigenvalue weighted by molar-refractivity contribution is 0.0743. The maximum Gasteiger partial charge on any atom is 0.253 e. The zero-order valence-electron chi connectivity index (χ0n) is 11.6. The van der Waals surface area contributed by atoms with Crippen LogP contribution < -0.4 is 10.5 Å². The predicted octanol–water partition coefficient (Wildman–Crippen LogP) is 1.89. The van der Waals surface area contributed by atoms with Crippen molar-refractivity contribution in [3.05, 3.63) is 29.6 Å². The van der Waals surface area contributed by atoms with E-state index in [9.17, 15) is 9.18 Å². The molecule has 1 rings (SSSR count). The van der Waals surface area contributed by atoms with Gasteiger partial charge in [0.25, 0.3) is 5.91 Å². The van der Waals surface area contributed by atoms with Crippen LogP contribution in [0, 0.1) is 11.7 Å². The van der Waals surface area contributed by atoms with Gasteiger partial charge in [0, 0.05) is 18.7 Å². The van der Waals surface area contributed by atoms with Crippen LogP contribution in [0.15, 0.2) is 18.2 Å². The molecule has 1 atom stereocenters. The van der Waals surface area contributed by atoms with Crippen molar-refractivity contribution in [2.45, 2.75) is 13.8 Å². The third-order valence-electron chi connectivity index (χ3n) is 3.00. The highest BCUT2D eigenvalue weighted by Crippen LogP contribution is 2.19. The smallest absolute Gasteiger partial charge is 0.253 e. The number of nitrogens with two attached hydrogens (primary N) is 1. The summed E-state index contributed by atoms with van der Waals surface area (Å²) in [7, 11) is 1.39. The zero-order chi connectivity index (χ0) is 14.4. The normalized spacial score (nSPS) is 12.1. The van der Waals surface area contributed by atoms with Crippen LogP contribution in [0.2, 0.25) is 0 Å². The number of benzene rings is 1. The van der Waals surface area contributed by atoms with E-state index in [-0.39, 0.29) is 17.6 Å². The Bertz CT molecular complexity index is 437. The van der Waals surface area contributed by atoms with Crippen molar-refractivity contribution in [1.82, 2.24) is 4.90 Å². The van der Waals surface area contributed by atoms with Crippen molar-refractivity contribution in [2.24, 2.45) is 11.7 Å². The highest BCUT2D eigenvalue weighted by molar-refractivity contribution is 5.94. The summed E-state index contributed by atoms with van der Waals surface area (Å²) >= 11 is 0. The molecule has 1 aromatic carbocycles. The maximum absolute atomic E-state index is 13.6. The molecule has 0 radical (unpaired) electrons. The van der Waals surface area contributed by atoms with E-state index in [2.05, 4.69) is 0 Å². The fraction of sp³-hybridized carbons (Fsp3) is 0.500. The van der Waals surface area contributed by atoms with E-state index in [1.807, 2.05) is 13.8 Å². The van der Waals surface area contributed by atoms with Crippen molar-refractivity contribution in [2.75, 3.05) is 26.7 Å². The summed E-state index contributed by atoms with van der Waals surface area (Å²) in [6.07, 6.45) is 0. The van der Waals surface area contributed by atoms with Crippen LogP contribution in [-0.4, -0.2) is 37.6 Å². The fourth-order valence-electron chi connectivity index (χ4n) is 1.79. The molecule has 2 N–H and O–H groups in total. The fourth-order valence-corrected chi connectivity index (χ4v) is 1.79. The minimum Gasteiger partial charge on any atom is -0.494 e. The van der Waals surface area contributed by atoms with Crippen LogP contribution in [0.5, 0.6) is 5.75 Å². The molecule has 0 aliphatic rings. The molecule has 0 fully saturated rings. The lowest BCUT2D eigenvalue weighted by Crippen LogP contribution is -2.36. The van der Waals surface area contributed by atoms with Crippen molar-refractivity contribution in [1.29, 1.82) is 0 Å². The number of nitrogens with zero attached hydrogens (tertiary/aromatic N) is 1. The number of methoxy groups -OCH3 is 1. The standard InChI is InChI=1S/C14H21FN2O2/c1-4-17(9-10(2)8-16)14(18)11-5-6-13(19-3)12(15)7-11/h5-7,10H,4,8-9,16H2,1-3H3. The zero-order valence-corrected chi connectivity index (χ0v) is 11.6. The van der Waals surface area contributed by atoms with Gasteiger partial charge in [0.1, 0.15) is 0 Å². The molecule has 1 amide bonds. The van der Waals surface area contributed by atoms with Crippen LogP contribution in [0.4, 0.5) is 4.39 Å². The third-order valence-corrected chi connectivity index (χ3v) is 3.00. The number of hydrogen-bond donors (Lipinski definition) is 1. The Labute approximate surface area is 113 Å². The van der Waals surface area contributed by atoms with Gasteiger partial charge in [-0.3, -0.25) is 4.79 Å². The van der Waals surface area contributed by atoms with Gasteiger partial charge >= 0.3 is 0 Å². The number of halogens is 1. The molecular weight excluding hydrogens is 247 g/mol. The largest absolute Gasteiger partial charge is 0.494 e. The molecular formula is C14H21FN2O2. The Morgan fingerprint density at radius 2 is 2.21 bits per heavy atom. The Morgan fingerprint density at radius 1 is 1.53 bits per heavy atom. The van der Waals surface area contributed by atoms with Crippen LogP contribution in [0.3, 0.4) is 0 Å². The second-order valence-electron chi connectivity index (χ2n) is 4.53. The molecule has 1 aromatic rings. The summed E-state index contributed by atoms with van der Waals surface area (Å²) in [6, 6.07) is 4.24. The number of ether oxygens (including phenoxy) is 1. The molecule has 0 aromatic heterocycles. The average molecular weight is 268 g/mol. The quantitative estimate of drug-likeness (QED) is 0.857. The number of hydrogen-bond acceptors (Lipinski definition) is 3. The van der Waals surface area contributed by atoms with Crippen LogP contribution in [-0.2, 0) is 0 Å². The van der Waals surface area contributed by atoms with Gasteiger partial charge in [-0.2, -0.15) is 0 Å². The van der Waals surface area contributed by atoms with E-state index in [0.717, 1.165) is 0 Å². The molecule has 106 valence electrons. The maximum atomic E-state index is 13.6. The molecule has 0 saturated carbocycles. The Hall–Kier alpha value is -1.62. The minimum atomic E-state index is -0.531. The summed E-state index contributed by atoms with van der Waals surface area (Å²) in [5.41, 5.74) is 5.88. The first-order valence-electron chi connectivity index (χ1n) is 6.36. The van der Waals surface area contributed by atoms with Gasteiger partial charge < -0.3 is 15.4 Å². The van der Waals surface area contributed by atoms with Crippen molar-refractivity contribution >= 4 is 5.91 Å². The Morgan fingerprint density at radius 3 is 2.68 bits per heavy atom. The number of carbonyl (C=O) groups is 1. The Kier molecular flexibility index (Phi) is 5.76. The van der Waals surface area contributed by atoms with E-state index >= 15 is 0 Å². The average Bonchev–Trinajstić information content (AvgIpc) is 2.43. The first-order chi connectivity index (χ1) is 9.03. The van der Waals surface area contributed by atoms with Gasteiger partial charge in [0.15, 0.2) is 11.6 Å². The predicted molar refractivity (Wildman–Crippen MR) is 72.7 cm³/mol. The summed E-state index contributed by atoms with van der Waals surface area (Å²) in [6.45, 7) is 5.52. The molecule has 1 unspecified atom stereocenters. The number of amides is 1. The van der Waals surface area contributed by atoms with E-state index in [1.165, 1.54) is 19.2 Å². The highest BCUT2D eigenvalue weighted by Gasteiger charge is 2.17. The first-order valence-corrected chi connectivity index (χ1v) is 6.36. The van der Waals surface area contributed by atoms with Gasteiger partial charge in [-0.25, -0.2) is 4.39 Å². The molecule has 0 aliphatic heterocycles. The Balaban J connectivity index is 2.88. The second-order valence-corrected chi connectivity index (χ2v) is 4.53. The van der Waals surface area contributed by atoms with Crippen LogP contribution in [0.25, 0.3) is 0 Å². The molecule has 0 heterocycles. The number of rotatable bonds is 6. The summed E-state index contributed by atoms with van der Waals surface area (Å²) < 4.78 is 18.4. The molecule has 0 bridgehead atoms. The van der Waals surface area contributed by atoms with Crippen molar-refractivity contribution < 1.29 is 13.9 Å². The van der Waals surface area contributed by atoms with E-state index in [1.54, 1.807) is 11.0 Å². The monoisotopic (exact) mass is 268 g/mol. The highest BCUT2D eigenvalue weighted by atomic mass is 19.1. The van der Waals surface area contributed by atoms with Gasteiger partial charge in [0.05, 0.1) is 7.11 Å². The van der Waals surface area contributed by atoms with E-state index in [4.69, 9.17) is 10.5 Å². The topological polar surface area (TPSA) is 55.6 Å². The molecule has 5 heteroatoms. The molecule has 4 nitrogen and oxygen atoms in total. The summed E-state index contributed by atoms with van der Waals surface area (Å²) in [5.74, 6) is -0.373. The minimum absolute atomic E-state index is 0.134. The molecule has 0 aliphatic carbocycles. The van der Waals surface area contributed by atoms with Crippen LogP contribution >= 0.6 is 0 Å². The number of carbonyl (C=O) groups excluding carboxylic acids is 1. The van der Waals surface area contributed by atoms with Crippen LogP contribution in [0.1, 0.15) is 24.2 Å². The first kappa shape index (κ1) is 15.4. The van der Waals surface area contributed by atoms with Gasteiger partial charge in [-0.15, -0.1) is 0 Å². The summed E-state index contributed by atoms with van der Waals surface area (Å²) in [5, 5.41) is 0. The van der Waals surface area contributed by atoms with E-state index in [0.29, 0.717) is 25.2 Å². The molecule has 19 heavy (non-hydrogen) atoms. The SMILES string of the molecule is CCN(CC(C)CN)C(=O)c1ccc(OC)c(F)c1. The third kappa shape index (κ3) is 3.92. The molecule has 0 spiro atoms. The summed E-state index contributed by atoms with van der Waals surface area (Å²) in [4.78, 5) is 13.9. The van der Waals surface area contributed by atoms with Crippen molar-refractivity contribution in [3.8, 4) is 5.75 Å². The lowest BCUT2D eigenvalue weighted by atomic mass is 10.1.